The average molecular weight is 284 g/mol. The van der Waals surface area contributed by atoms with Gasteiger partial charge in [-0.15, -0.1) is 0 Å². The van der Waals surface area contributed by atoms with Crippen LogP contribution in [-0.2, 0) is 0 Å². The van der Waals surface area contributed by atoms with Crippen LogP contribution in [-0.4, -0.2) is 7.05 Å². The predicted molar refractivity (Wildman–Crippen MR) is 67.8 cm³/mol. The SMILES string of the molecule is CNC(C1=CCCC1)c1ccc(Br)cc1F. The Morgan fingerprint density at radius 1 is 1.44 bits per heavy atom. The van der Waals surface area contributed by atoms with Crippen molar-refractivity contribution in [3.63, 3.8) is 0 Å². The number of likely N-dealkylation sites (N-methyl/N-ethyl adjacent to an activating group) is 1. The summed E-state index contributed by atoms with van der Waals surface area (Å²) in [5.74, 6) is -0.151. The van der Waals surface area contributed by atoms with Crippen molar-refractivity contribution in [2.24, 2.45) is 0 Å². The lowest BCUT2D eigenvalue weighted by molar-refractivity contribution is 0.566. The Labute approximate surface area is 104 Å². The zero-order valence-corrected chi connectivity index (χ0v) is 10.8. The molecule has 0 aromatic heterocycles. The molecule has 0 bridgehead atoms. The van der Waals surface area contributed by atoms with Crippen molar-refractivity contribution < 1.29 is 4.39 Å². The second kappa shape index (κ2) is 5.11. The van der Waals surface area contributed by atoms with Crippen molar-refractivity contribution in [1.82, 2.24) is 5.32 Å². The number of allylic oxidation sites excluding steroid dienone is 1. The van der Waals surface area contributed by atoms with Gasteiger partial charge < -0.3 is 5.32 Å². The molecule has 0 amide bonds. The lowest BCUT2D eigenvalue weighted by Crippen LogP contribution is -2.19. The number of benzene rings is 1. The van der Waals surface area contributed by atoms with Crippen LogP contribution in [0.15, 0.2) is 34.3 Å². The molecule has 1 nitrogen and oxygen atoms in total. The van der Waals surface area contributed by atoms with Crippen molar-refractivity contribution in [1.29, 1.82) is 0 Å². The van der Waals surface area contributed by atoms with Crippen molar-refractivity contribution in [3.8, 4) is 0 Å². The van der Waals surface area contributed by atoms with Crippen LogP contribution in [0.25, 0.3) is 0 Å². The molecule has 1 aliphatic carbocycles. The largest absolute Gasteiger partial charge is 0.310 e. The first-order valence-electron chi connectivity index (χ1n) is 5.53. The Bertz CT molecular complexity index is 414. The van der Waals surface area contributed by atoms with Crippen LogP contribution in [0.5, 0.6) is 0 Å². The molecule has 1 aromatic carbocycles. The second-order valence-electron chi connectivity index (χ2n) is 4.06. The van der Waals surface area contributed by atoms with E-state index < -0.39 is 0 Å². The highest BCUT2D eigenvalue weighted by atomic mass is 79.9. The molecule has 1 aromatic rings. The third-order valence-corrected chi connectivity index (χ3v) is 3.50. The van der Waals surface area contributed by atoms with Crippen molar-refractivity contribution >= 4 is 15.9 Å². The van der Waals surface area contributed by atoms with E-state index in [-0.39, 0.29) is 11.9 Å². The third-order valence-electron chi connectivity index (χ3n) is 3.01. The van der Waals surface area contributed by atoms with Gasteiger partial charge in [-0.25, -0.2) is 4.39 Å². The van der Waals surface area contributed by atoms with Gasteiger partial charge in [0.15, 0.2) is 0 Å². The monoisotopic (exact) mass is 283 g/mol. The molecule has 1 unspecified atom stereocenters. The number of hydrogen-bond donors (Lipinski definition) is 1. The van der Waals surface area contributed by atoms with Gasteiger partial charge in [0, 0.05) is 10.0 Å². The molecule has 0 saturated heterocycles. The highest BCUT2D eigenvalue weighted by molar-refractivity contribution is 9.10. The predicted octanol–water partition coefficient (Wildman–Crippen LogP) is 3.96. The Morgan fingerprint density at radius 2 is 2.25 bits per heavy atom. The molecule has 16 heavy (non-hydrogen) atoms. The molecule has 0 saturated carbocycles. The number of halogens is 2. The highest BCUT2D eigenvalue weighted by Crippen LogP contribution is 2.32. The minimum atomic E-state index is -0.151. The van der Waals surface area contributed by atoms with E-state index in [2.05, 4.69) is 27.3 Å². The average Bonchev–Trinajstić information content (AvgIpc) is 2.75. The zero-order chi connectivity index (χ0) is 11.5. The van der Waals surface area contributed by atoms with Crippen LogP contribution < -0.4 is 5.32 Å². The molecule has 0 radical (unpaired) electrons. The van der Waals surface area contributed by atoms with Crippen molar-refractivity contribution in [2.45, 2.75) is 25.3 Å². The summed E-state index contributed by atoms with van der Waals surface area (Å²) in [5.41, 5.74) is 2.04. The van der Waals surface area contributed by atoms with E-state index in [9.17, 15) is 4.39 Å². The second-order valence-corrected chi connectivity index (χ2v) is 4.97. The first-order valence-corrected chi connectivity index (χ1v) is 6.33. The van der Waals surface area contributed by atoms with Gasteiger partial charge in [0.1, 0.15) is 5.82 Å². The minimum Gasteiger partial charge on any atom is -0.310 e. The van der Waals surface area contributed by atoms with Crippen molar-refractivity contribution in [2.75, 3.05) is 7.05 Å². The Balaban J connectivity index is 2.32. The van der Waals surface area contributed by atoms with Gasteiger partial charge >= 0.3 is 0 Å². The summed E-state index contributed by atoms with van der Waals surface area (Å²) in [4.78, 5) is 0. The normalized spacial score (nSPS) is 17.3. The molecule has 0 fully saturated rings. The highest BCUT2D eigenvalue weighted by Gasteiger charge is 2.20. The van der Waals surface area contributed by atoms with Gasteiger partial charge in [0.2, 0.25) is 0 Å². The molecule has 1 atom stereocenters. The maximum Gasteiger partial charge on any atom is 0.129 e. The fourth-order valence-corrected chi connectivity index (χ4v) is 2.57. The maximum absolute atomic E-state index is 13.8. The van der Waals surface area contributed by atoms with Crippen LogP contribution >= 0.6 is 15.9 Å². The first-order chi connectivity index (χ1) is 7.72. The van der Waals surface area contributed by atoms with Gasteiger partial charge in [-0.1, -0.05) is 33.6 Å². The smallest absolute Gasteiger partial charge is 0.129 e. The summed E-state index contributed by atoms with van der Waals surface area (Å²) in [5, 5.41) is 3.20. The molecular weight excluding hydrogens is 269 g/mol. The standard InChI is InChI=1S/C13H15BrFN/c1-16-13(9-4-2-3-5-9)11-7-6-10(14)8-12(11)15/h4,6-8,13,16H,2-3,5H2,1H3. The van der Waals surface area contributed by atoms with Gasteiger partial charge in [-0.2, -0.15) is 0 Å². The molecule has 3 heteroatoms. The van der Waals surface area contributed by atoms with E-state index in [0.717, 1.165) is 22.9 Å². The van der Waals surface area contributed by atoms with E-state index in [1.807, 2.05) is 19.2 Å². The molecule has 0 spiro atoms. The Morgan fingerprint density at radius 3 is 2.81 bits per heavy atom. The summed E-state index contributed by atoms with van der Waals surface area (Å²) < 4.78 is 14.6. The van der Waals surface area contributed by atoms with Crippen LogP contribution in [0.4, 0.5) is 4.39 Å². The van der Waals surface area contributed by atoms with Crippen LogP contribution in [0, 0.1) is 5.82 Å². The van der Waals surface area contributed by atoms with Gasteiger partial charge in [-0.05, 0) is 38.4 Å². The topological polar surface area (TPSA) is 12.0 Å². The van der Waals surface area contributed by atoms with E-state index in [4.69, 9.17) is 0 Å². The van der Waals surface area contributed by atoms with E-state index in [1.165, 1.54) is 18.1 Å². The summed E-state index contributed by atoms with van der Waals surface area (Å²) in [6.07, 6.45) is 5.60. The quantitative estimate of drug-likeness (QED) is 0.828. The summed E-state index contributed by atoms with van der Waals surface area (Å²) in [6, 6.07) is 5.28. The number of rotatable bonds is 3. The molecule has 1 aliphatic rings. The molecule has 2 rings (SSSR count). The Hall–Kier alpha value is -0.670. The molecular formula is C13H15BrFN. The van der Waals surface area contributed by atoms with Gasteiger partial charge in [-0.3, -0.25) is 0 Å². The number of nitrogens with one attached hydrogen (secondary N) is 1. The Kier molecular flexibility index (Phi) is 3.77. The summed E-state index contributed by atoms with van der Waals surface area (Å²) in [6.45, 7) is 0. The van der Waals surface area contributed by atoms with Gasteiger partial charge in [0.25, 0.3) is 0 Å². The van der Waals surface area contributed by atoms with Gasteiger partial charge in [0.05, 0.1) is 6.04 Å². The number of hydrogen-bond acceptors (Lipinski definition) is 1. The molecule has 1 N–H and O–H groups in total. The van der Waals surface area contributed by atoms with Crippen molar-refractivity contribution in [3.05, 3.63) is 45.7 Å². The molecule has 86 valence electrons. The third kappa shape index (κ3) is 2.36. The van der Waals surface area contributed by atoms with Crippen LogP contribution in [0.1, 0.15) is 30.9 Å². The van der Waals surface area contributed by atoms with E-state index >= 15 is 0 Å². The summed E-state index contributed by atoms with van der Waals surface area (Å²) in [7, 11) is 1.88. The zero-order valence-electron chi connectivity index (χ0n) is 9.26. The van der Waals surface area contributed by atoms with Crippen LogP contribution in [0.3, 0.4) is 0 Å². The fourth-order valence-electron chi connectivity index (χ4n) is 2.23. The fraction of sp³-hybridized carbons (Fsp3) is 0.385. The molecule has 0 aliphatic heterocycles. The lowest BCUT2D eigenvalue weighted by atomic mass is 9.98. The maximum atomic E-state index is 13.8. The van der Waals surface area contributed by atoms with E-state index in [0.29, 0.717) is 0 Å². The van der Waals surface area contributed by atoms with E-state index in [1.54, 1.807) is 0 Å². The first kappa shape index (κ1) is 11.8. The summed E-state index contributed by atoms with van der Waals surface area (Å²) >= 11 is 3.28. The molecule has 0 heterocycles. The van der Waals surface area contributed by atoms with Crippen LogP contribution in [0.2, 0.25) is 0 Å². The lowest BCUT2D eigenvalue weighted by Gasteiger charge is -2.19. The minimum absolute atomic E-state index is 0.0237.